The third-order valence-corrected chi connectivity index (χ3v) is 3.29. The molecule has 0 atom stereocenters. The molecule has 8 heteroatoms. The van der Waals surface area contributed by atoms with Crippen molar-refractivity contribution in [2.75, 3.05) is 11.9 Å². The van der Waals surface area contributed by atoms with Crippen LogP contribution in [-0.4, -0.2) is 17.4 Å². The quantitative estimate of drug-likeness (QED) is 0.781. The first-order valence-corrected chi connectivity index (χ1v) is 7.18. The highest BCUT2D eigenvalue weighted by Gasteiger charge is 2.33. The van der Waals surface area contributed by atoms with Crippen LogP contribution < -0.4 is 10.6 Å². The van der Waals surface area contributed by atoms with Crippen molar-refractivity contribution in [1.29, 1.82) is 0 Å². The van der Waals surface area contributed by atoms with Crippen molar-refractivity contribution in [1.82, 2.24) is 10.3 Å². The lowest BCUT2D eigenvalue weighted by Crippen LogP contribution is -2.24. The lowest BCUT2D eigenvalue weighted by Gasteiger charge is -2.12. The van der Waals surface area contributed by atoms with E-state index < -0.39 is 17.6 Å². The number of carbonyl (C=O) groups excluding carboxylic acids is 1. The van der Waals surface area contributed by atoms with Gasteiger partial charge in [-0.3, -0.25) is 9.78 Å². The first kappa shape index (κ1) is 17.8. The van der Waals surface area contributed by atoms with Crippen LogP contribution in [0.25, 0.3) is 0 Å². The summed E-state index contributed by atoms with van der Waals surface area (Å²) in [6.07, 6.45) is -1.65. The molecule has 2 aromatic rings. The number of alkyl halides is 3. The molecule has 0 saturated carbocycles. The van der Waals surface area contributed by atoms with Crippen molar-refractivity contribution in [2.45, 2.75) is 6.18 Å². The number of hydrogen-bond acceptors (Lipinski definition) is 3. The highest BCUT2D eigenvalue weighted by Crippen LogP contribution is 2.36. The maximum absolute atomic E-state index is 12.9. The lowest BCUT2D eigenvalue weighted by molar-refractivity contribution is -0.137. The number of aromatic nitrogens is 1. The number of nitrogens with zero attached hydrogens (tertiary/aromatic N) is 1. The van der Waals surface area contributed by atoms with E-state index >= 15 is 0 Å². The number of benzene rings is 1. The highest BCUT2D eigenvalue weighted by atomic mass is 35.5. The SMILES string of the molecule is C=CCNC(=O)c1cc(Nc2ccc(Cl)c(C(F)(F)F)c2)ccn1. The Morgan fingerprint density at radius 3 is 2.62 bits per heavy atom. The smallest absolute Gasteiger partial charge is 0.355 e. The third-order valence-electron chi connectivity index (χ3n) is 2.96. The zero-order valence-corrected chi connectivity index (χ0v) is 13.1. The van der Waals surface area contributed by atoms with Crippen molar-refractivity contribution in [3.8, 4) is 0 Å². The second-order valence-electron chi connectivity index (χ2n) is 4.75. The van der Waals surface area contributed by atoms with Gasteiger partial charge < -0.3 is 10.6 Å². The molecule has 0 aliphatic rings. The molecule has 0 fully saturated rings. The predicted octanol–water partition coefficient (Wildman–Crippen LogP) is 4.41. The number of halogens is 4. The van der Waals surface area contributed by atoms with Crippen LogP contribution in [0.3, 0.4) is 0 Å². The Bertz CT molecular complexity index is 762. The highest BCUT2D eigenvalue weighted by molar-refractivity contribution is 6.31. The first-order chi connectivity index (χ1) is 11.3. The summed E-state index contributed by atoms with van der Waals surface area (Å²) in [4.78, 5) is 15.7. The molecule has 2 N–H and O–H groups in total. The topological polar surface area (TPSA) is 54.0 Å². The van der Waals surface area contributed by atoms with Crippen molar-refractivity contribution < 1.29 is 18.0 Å². The van der Waals surface area contributed by atoms with Gasteiger partial charge in [0.05, 0.1) is 10.6 Å². The van der Waals surface area contributed by atoms with Crippen LogP contribution >= 0.6 is 11.6 Å². The fourth-order valence-electron chi connectivity index (χ4n) is 1.87. The summed E-state index contributed by atoms with van der Waals surface area (Å²) in [5.41, 5.74) is -0.196. The normalized spacial score (nSPS) is 11.0. The number of anilines is 2. The average Bonchev–Trinajstić information content (AvgIpc) is 2.53. The summed E-state index contributed by atoms with van der Waals surface area (Å²) in [6.45, 7) is 3.77. The maximum Gasteiger partial charge on any atom is 0.417 e. The van der Waals surface area contributed by atoms with Gasteiger partial charge in [-0.2, -0.15) is 13.2 Å². The fourth-order valence-corrected chi connectivity index (χ4v) is 2.10. The van der Waals surface area contributed by atoms with E-state index in [9.17, 15) is 18.0 Å². The summed E-state index contributed by atoms with van der Waals surface area (Å²) in [5, 5.41) is 4.98. The van der Waals surface area contributed by atoms with Gasteiger partial charge in [0.15, 0.2) is 0 Å². The van der Waals surface area contributed by atoms with Crippen LogP contribution in [-0.2, 0) is 6.18 Å². The van der Waals surface area contributed by atoms with Crippen LogP contribution in [0.15, 0.2) is 49.2 Å². The van der Waals surface area contributed by atoms with Crippen LogP contribution in [0, 0.1) is 0 Å². The minimum absolute atomic E-state index is 0.131. The molecule has 0 spiro atoms. The van der Waals surface area contributed by atoms with Gasteiger partial charge in [-0.05, 0) is 30.3 Å². The van der Waals surface area contributed by atoms with Crippen molar-refractivity contribution in [3.63, 3.8) is 0 Å². The van der Waals surface area contributed by atoms with Gasteiger partial charge in [-0.25, -0.2) is 0 Å². The van der Waals surface area contributed by atoms with Gasteiger partial charge in [0.1, 0.15) is 5.69 Å². The molecule has 126 valence electrons. The summed E-state index contributed by atoms with van der Waals surface area (Å²) in [7, 11) is 0. The molecule has 24 heavy (non-hydrogen) atoms. The van der Waals surface area contributed by atoms with Gasteiger partial charge in [0.25, 0.3) is 5.91 Å². The Hall–Kier alpha value is -2.54. The zero-order chi connectivity index (χ0) is 17.7. The van der Waals surface area contributed by atoms with Crippen molar-refractivity contribution in [3.05, 3.63) is 65.5 Å². The Balaban J connectivity index is 2.23. The number of amides is 1. The van der Waals surface area contributed by atoms with E-state index in [2.05, 4.69) is 22.2 Å². The number of rotatable bonds is 5. The molecule has 1 aromatic carbocycles. The van der Waals surface area contributed by atoms with E-state index in [4.69, 9.17) is 11.6 Å². The molecule has 0 bridgehead atoms. The minimum Gasteiger partial charge on any atom is -0.355 e. The molecule has 4 nitrogen and oxygen atoms in total. The number of hydrogen-bond donors (Lipinski definition) is 2. The molecule has 0 unspecified atom stereocenters. The van der Waals surface area contributed by atoms with E-state index in [-0.39, 0.29) is 22.9 Å². The molecule has 2 rings (SSSR count). The number of carbonyl (C=O) groups is 1. The van der Waals surface area contributed by atoms with Crippen LogP contribution in [0.5, 0.6) is 0 Å². The molecule has 0 aliphatic carbocycles. The van der Waals surface area contributed by atoms with Crippen LogP contribution in [0.4, 0.5) is 24.5 Å². The second kappa shape index (κ2) is 7.35. The van der Waals surface area contributed by atoms with Crippen molar-refractivity contribution >= 4 is 28.9 Å². The standard InChI is InChI=1S/C16H13ClF3N3O/c1-2-6-22-15(24)14-9-11(5-7-21-14)23-10-3-4-13(17)12(8-10)16(18,19)20/h2-5,7-9H,1,6H2,(H,21,23)(H,22,24). The fraction of sp³-hybridized carbons (Fsp3) is 0.125. The molecule has 1 aromatic heterocycles. The van der Waals surface area contributed by atoms with Gasteiger partial charge in [-0.15, -0.1) is 6.58 Å². The van der Waals surface area contributed by atoms with E-state index in [1.165, 1.54) is 30.5 Å². The average molecular weight is 356 g/mol. The molecule has 0 radical (unpaired) electrons. The van der Waals surface area contributed by atoms with Gasteiger partial charge >= 0.3 is 6.18 Å². The number of pyridine rings is 1. The van der Waals surface area contributed by atoms with Crippen LogP contribution in [0.1, 0.15) is 16.1 Å². The summed E-state index contributed by atoms with van der Waals surface area (Å²) >= 11 is 5.58. The third kappa shape index (κ3) is 4.48. The Labute approximate surface area is 141 Å². The monoisotopic (exact) mass is 355 g/mol. The van der Waals surface area contributed by atoms with Gasteiger partial charge in [0.2, 0.25) is 0 Å². The maximum atomic E-state index is 12.9. The number of nitrogens with one attached hydrogen (secondary N) is 2. The predicted molar refractivity (Wildman–Crippen MR) is 86.5 cm³/mol. The molecular weight excluding hydrogens is 343 g/mol. The molecule has 1 heterocycles. The summed E-state index contributed by atoms with van der Waals surface area (Å²) < 4.78 is 38.6. The summed E-state index contributed by atoms with van der Waals surface area (Å²) in [6, 6.07) is 6.44. The Morgan fingerprint density at radius 2 is 1.96 bits per heavy atom. The molecular formula is C16H13ClF3N3O. The van der Waals surface area contributed by atoms with E-state index in [1.54, 1.807) is 0 Å². The minimum atomic E-state index is -4.55. The first-order valence-electron chi connectivity index (χ1n) is 6.80. The summed E-state index contributed by atoms with van der Waals surface area (Å²) in [5.74, 6) is -0.411. The second-order valence-corrected chi connectivity index (χ2v) is 5.15. The van der Waals surface area contributed by atoms with Crippen LogP contribution in [0.2, 0.25) is 5.02 Å². The van der Waals surface area contributed by atoms with Gasteiger partial charge in [0, 0.05) is 24.1 Å². The zero-order valence-electron chi connectivity index (χ0n) is 12.3. The van der Waals surface area contributed by atoms with E-state index in [0.717, 1.165) is 12.1 Å². The van der Waals surface area contributed by atoms with E-state index in [1.807, 2.05) is 0 Å². The Kier molecular flexibility index (Phi) is 5.46. The van der Waals surface area contributed by atoms with Gasteiger partial charge in [-0.1, -0.05) is 17.7 Å². The molecule has 1 amide bonds. The Morgan fingerprint density at radius 1 is 1.25 bits per heavy atom. The largest absolute Gasteiger partial charge is 0.417 e. The molecule has 0 aliphatic heterocycles. The van der Waals surface area contributed by atoms with Crippen molar-refractivity contribution in [2.24, 2.45) is 0 Å². The van der Waals surface area contributed by atoms with E-state index in [0.29, 0.717) is 5.69 Å². The molecule has 0 saturated heterocycles. The lowest BCUT2D eigenvalue weighted by atomic mass is 10.2.